The Labute approximate surface area is 146 Å². The Kier molecular flexibility index (Phi) is 8.28. The van der Waals surface area contributed by atoms with Gasteiger partial charge in [-0.05, 0) is 32.4 Å². The van der Waals surface area contributed by atoms with Crippen molar-refractivity contribution in [1.82, 2.24) is 9.80 Å². The van der Waals surface area contributed by atoms with Gasteiger partial charge in [0.2, 0.25) is 0 Å². The van der Waals surface area contributed by atoms with Gasteiger partial charge in [-0.3, -0.25) is 4.55 Å². The number of nitrogens with zero attached hydrogens (tertiary/aromatic N) is 2. The minimum absolute atomic E-state index is 0.0666. The molecule has 6 heteroatoms. The third-order valence-electron chi connectivity index (χ3n) is 4.15. The zero-order valence-electron chi connectivity index (χ0n) is 15.1. The Bertz CT molecular complexity index is 612. The minimum atomic E-state index is -4.02. The first-order chi connectivity index (χ1) is 11.3. The van der Waals surface area contributed by atoms with E-state index in [1.54, 1.807) is 12.1 Å². The molecule has 1 atom stereocenters. The summed E-state index contributed by atoms with van der Waals surface area (Å²) < 4.78 is 29.6. The van der Waals surface area contributed by atoms with Crippen LogP contribution in [0.25, 0.3) is 0 Å². The van der Waals surface area contributed by atoms with E-state index in [0.717, 1.165) is 5.56 Å². The predicted octanol–water partition coefficient (Wildman–Crippen LogP) is 3.87. The minimum Gasteiger partial charge on any atom is -0.359 e. The second-order valence-electron chi connectivity index (χ2n) is 6.18. The maximum absolute atomic E-state index is 10.5. The van der Waals surface area contributed by atoms with Crippen molar-refractivity contribution in [1.29, 1.82) is 0 Å². The number of aryl methyl sites for hydroxylation is 1. The van der Waals surface area contributed by atoms with E-state index in [0.29, 0.717) is 6.17 Å². The second kappa shape index (κ2) is 9.69. The molecule has 0 bridgehead atoms. The van der Waals surface area contributed by atoms with Crippen LogP contribution in [0.15, 0.2) is 41.6 Å². The molecule has 1 heterocycles. The van der Waals surface area contributed by atoms with Gasteiger partial charge in [-0.1, -0.05) is 43.9 Å². The number of unbranched alkanes of at least 4 members (excludes halogenated alkanes) is 3. The molecule has 136 valence electrons. The van der Waals surface area contributed by atoms with Gasteiger partial charge in [0.15, 0.2) is 0 Å². The predicted molar refractivity (Wildman–Crippen MR) is 98.2 cm³/mol. The fourth-order valence-corrected chi connectivity index (χ4v) is 2.85. The molecule has 0 saturated heterocycles. The summed E-state index contributed by atoms with van der Waals surface area (Å²) in [5.41, 5.74) is 0.956. The van der Waals surface area contributed by atoms with Gasteiger partial charge in [0, 0.05) is 26.0 Å². The molecule has 0 fully saturated rings. The molecule has 1 aliphatic heterocycles. The van der Waals surface area contributed by atoms with Crippen LogP contribution in [0.4, 0.5) is 0 Å². The molecule has 0 radical (unpaired) electrons. The van der Waals surface area contributed by atoms with E-state index in [1.165, 1.54) is 44.4 Å². The van der Waals surface area contributed by atoms with Crippen LogP contribution in [0.3, 0.4) is 0 Å². The van der Waals surface area contributed by atoms with Crippen molar-refractivity contribution in [2.45, 2.75) is 57.5 Å². The summed E-state index contributed by atoms with van der Waals surface area (Å²) in [4.78, 5) is 4.60. The van der Waals surface area contributed by atoms with Crippen LogP contribution < -0.4 is 0 Å². The number of hydrogen-bond acceptors (Lipinski definition) is 4. The summed E-state index contributed by atoms with van der Waals surface area (Å²) in [7, 11) is -1.89. The largest absolute Gasteiger partial charge is 0.359 e. The molecular weight excluding hydrogens is 324 g/mol. The van der Waals surface area contributed by atoms with Crippen LogP contribution in [-0.2, 0) is 10.1 Å². The molecular formula is C18H30N2O3S. The molecule has 1 aromatic rings. The Hall–Kier alpha value is -1.53. The van der Waals surface area contributed by atoms with Crippen molar-refractivity contribution >= 4 is 10.1 Å². The normalized spacial score (nSPS) is 17.0. The van der Waals surface area contributed by atoms with E-state index >= 15 is 0 Å². The smallest absolute Gasteiger partial charge is 0.294 e. The van der Waals surface area contributed by atoms with Crippen LogP contribution in [0.2, 0.25) is 0 Å². The van der Waals surface area contributed by atoms with Gasteiger partial charge in [0.1, 0.15) is 0 Å². The highest BCUT2D eigenvalue weighted by Gasteiger charge is 2.17. The molecule has 0 saturated carbocycles. The average Bonchev–Trinajstić information content (AvgIpc) is 2.84. The van der Waals surface area contributed by atoms with Crippen molar-refractivity contribution in [3.63, 3.8) is 0 Å². The average molecular weight is 355 g/mol. The standard InChI is InChI=1S/C11H22N2.C7H8O3S/c1-4-5-6-7-8-13-10-9-12(3)11(13)2;1-6-2-4-7(5-3-6)11(8,9)10/h9-11H,4-8H2,1-3H3;2-5H,1H3,(H,8,9,10). The molecule has 1 aromatic carbocycles. The zero-order valence-corrected chi connectivity index (χ0v) is 16.0. The highest BCUT2D eigenvalue weighted by atomic mass is 32.2. The summed E-state index contributed by atoms with van der Waals surface area (Å²) in [6.45, 7) is 7.56. The first kappa shape index (κ1) is 20.5. The van der Waals surface area contributed by atoms with Crippen LogP contribution in [-0.4, -0.2) is 42.5 Å². The maximum atomic E-state index is 10.5. The fourth-order valence-electron chi connectivity index (χ4n) is 2.37. The zero-order chi connectivity index (χ0) is 18.2. The van der Waals surface area contributed by atoms with Crippen molar-refractivity contribution in [2.75, 3.05) is 13.6 Å². The lowest BCUT2D eigenvalue weighted by Crippen LogP contribution is -2.34. The summed E-state index contributed by atoms with van der Waals surface area (Å²) >= 11 is 0. The third kappa shape index (κ3) is 6.93. The highest BCUT2D eigenvalue weighted by Crippen LogP contribution is 2.14. The summed E-state index contributed by atoms with van der Waals surface area (Å²) in [5, 5.41) is 0. The first-order valence-corrected chi connectivity index (χ1v) is 9.90. The molecule has 1 aliphatic rings. The fraction of sp³-hybridized carbons (Fsp3) is 0.556. The lowest BCUT2D eigenvalue weighted by Gasteiger charge is -2.26. The number of rotatable bonds is 6. The van der Waals surface area contributed by atoms with Crippen LogP contribution in [0.1, 0.15) is 45.1 Å². The van der Waals surface area contributed by atoms with E-state index in [-0.39, 0.29) is 4.90 Å². The molecule has 5 nitrogen and oxygen atoms in total. The van der Waals surface area contributed by atoms with Crippen LogP contribution in [0, 0.1) is 6.92 Å². The quantitative estimate of drug-likeness (QED) is 0.621. The molecule has 24 heavy (non-hydrogen) atoms. The van der Waals surface area contributed by atoms with E-state index in [2.05, 4.69) is 43.1 Å². The Balaban J connectivity index is 0.000000243. The van der Waals surface area contributed by atoms with E-state index in [1.807, 2.05) is 6.92 Å². The van der Waals surface area contributed by atoms with Gasteiger partial charge in [-0.15, -0.1) is 0 Å². The van der Waals surface area contributed by atoms with Gasteiger partial charge < -0.3 is 9.80 Å². The number of hydrogen-bond donors (Lipinski definition) is 1. The molecule has 0 aromatic heterocycles. The summed E-state index contributed by atoms with van der Waals surface area (Å²) in [6, 6.07) is 5.99. The van der Waals surface area contributed by atoms with Gasteiger partial charge in [0.05, 0.1) is 11.1 Å². The van der Waals surface area contributed by atoms with Crippen LogP contribution in [0.5, 0.6) is 0 Å². The topological polar surface area (TPSA) is 60.9 Å². The van der Waals surface area contributed by atoms with Crippen LogP contribution >= 0.6 is 0 Å². The van der Waals surface area contributed by atoms with E-state index in [4.69, 9.17) is 4.55 Å². The van der Waals surface area contributed by atoms with E-state index in [9.17, 15) is 8.42 Å². The Morgan fingerprint density at radius 1 is 1.08 bits per heavy atom. The highest BCUT2D eigenvalue weighted by molar-refractivity contribution is 7.85. The van der Waals surface area contributed by atoms with Crippen molar-refractivity contribution in [3.05, 3.63) is 42.2 Å². The molecule has 0 amide bonds. The molecule has 0 spiro atoms. The Morgan fingerprint density at radius 2 is 1.71 bits per heavy atom. The van der Waals surface area contributed by atoms with Crippen molar-refractivity contribution in [3.8, 4) is 0 Å². The summed E-state index contributed by atoms with van der Waals surface area (Å²) in [5.74, 6) is 0. The van der Waals surface area contributed by atoms with Gasteiger partial charge in [0.25, 0.3) is 10.1 Å². The molecule has 2 rings (SSSR count). The van der Waals surface area contributed by atoms with Crippen molar-refractivity contribution in [2.24, 2.45) is 0 Å². The van der Waals surface area contributed by atoms with Gasteiger partial charge in [-0.25, -0.2) is 0 Å². The lowest BCUT2D eigenvalue weighted by atomic mass is 10.2. The second-order valence-corrected chi connectivity index (χ2v) is 7.60. The SMILES string of the molecule is CCCCCCN1C=CN(C)C1C.Cc1ccc(S(=O)(=O)O)cc1. The molecule has 1 unspecified atom stereocenters. The lowest BCUT2D eigenvalue weighted by molar-refractivity contribution is 0.192. The maximum Gasteiger partial charge on any atom is 0.294 e. The van der Waals surface area contributed by atoms with Gasteiger partial charge in [-0.2, -0.15) is 8.42 Å². The number of benzene rings is 1. The van der Waals surface area contributed by atoms with E-state index < -0.39 is 10.1 Å². The first-order valence-electron chi connectivity index (χ1n) is 8.46. The summed E-state index contributed by atoms with van der Waals surface area (Å²) in [6.07, 6.45) is 10.3. The molecule has 0 aliphatic carbocycles. The third-order valence-corrected chi connectivity index (χ3v) is 5.02. The van der Waals surface area contributed by atoms with Crippen molar-refractivity contribution < 1.29 is 13.0 Å². The van der Waals surface area contributed by atoms with Gasteiger partial charge >= 0.3 is 0 Å². The Morgan fingerprint density at radius 3 is 2.17 bits per heavy atom. The monoisotopic (exact) mass is 354 g/mol. The molecule has 1 N–H and O–H groups in total.